The molecule has 1 aromatic heterocycles. The molecule has 3 atom stereocenters. The molecule has 0 bridgehead atoms. The van der Waals surface area contributed by atoms with Crippen LogP contribution in [-0.4, -0.2) is 21.2 Å². The van der Waals surface area contributed by atoms with Gasteiger partial charge in [-0.15, -0.1) is 11.3 Å². The van der Waals surface area contributed by atoms with Crippen LogP contribution in [0.4, 0.5) is 0 Å². The van der Waals surface area contributed by atoms with Crippen molar-refractivity contribution in [3.63, 3.8) is 0 Å². The van der Waals surface area contributed by atoms with E-state index in [1.165, 1.54) is 11.3 Å². The molecule has 2 rings (SSSR count). The summed E-state index contributed by atoms with van der Waals surface area (Å²) in [5.41, 5.74) is -0.917. The summed E-state index contributed by atoms with van der Waals surface area (Å²) in [6.45, 7) is 1.89. The van der Waals surface area contributed by atoms with Crippen LogP contribution in [0, 0.1) is 11.8 Å². The van der Waals surface area contributed by atoms with Crippen molar-refractivity contribution in [3.05, 3.63) is 16.6 Å². The average Bonchev–Trinajstić information content (AvgIpc) is 2.69. The van der Waals surface area contributed by atoms with E-state index in [9.17, 15) is 9.90 Å². The predicted octanol–water partition coefficient (Wildman–Crippen LogP) is 1.85. The zero-order valence-electron chi connectivity index (χ0n) is 9.09. The van der Waals surface area contributed by atoms with Crippen LogP contribution >= 0.6 is 11.3 Å². The highest BCUT2D eigenvalue weighted by Gasteiger charge is 2.42. The van der Waals surface area contributed by atoms with E-state index < -0.39 is 11.6 Å². The lowest BCUT2D eigenvalue weighted by Gasteiger charge is -2.37. The summed E-state index contributed by atoms with van der Waals surface area (Å²) in [5.74, 6) is -1.10. The van der Waals surface area contributed by atoms with Gasteiger partial charge in [0.1, 0.15) is 10.6 Å². The summed E-state index contributed by atoms with van der Waals surface area (Å²) in [6.07, 6.45) is 3.16. The molecular formula is C11H15NO3S. The third kappa shape index (κ3) is 1.97. The third-order valence-corrected chi connectivity index (χ3v) is 4.33. The molecule has 0 amide bonds. The molecule has 16 heavy (non-hydrogen) atoms. The molecule has 1 heterocycles. The van der Waals surface area contributed by atoms with Crippen LogP contribution in [0.3, 0.4) is 0 Å². The number of hydrogen-bond acceptors (Lipinski definition) is 4. The Bertz CT molecular complexity index is 379. The SMILES string of the molecule is CC1CC(O)(c2nccs2)CC[C@@H]1C(=O)O. The maximum Gasteiger partial charge on any atom is 0.306 e. The third-order valence-electron chi connectivity index (χ3n) is 3.36. The summed E-state index contributed by atoms with van der Waals surface area (Å²) in [7, 11) is 0. The van der Waals surface area contributed by atoms with E-state index in [-0.39, 0.29) is 11.8 Å². The van der Waals surface area contributed by atoms with E-state index in [0.29, 0.717) is 24.3 Å². The number of rotatable bonds is 2. The highest BCUT2D eigenvalue weighted by atomic mass is 32.1. The van der Waals surface area contributed by atoms with Gasteiger partial charge in [-0.1, -0.05) is 6.92 Å². The van der Waals surface area contributed by atoms with Crippen molar-refractivity contribution >= 4 is 17.3 Å². The summed E-state index contributed by atoms with van der Waals surface area (Å²) in [6, 6.07) is 0. The second-order valence-electron chi connectivity index (χ2n) is 4.53. The second kappa shape index (κ2) is 4.14. The fraction of sp³-hybridized carbons (Fsp3) is 0.636. The number of hydrogen-bond donors (Lipinski definition) is 2. The van der Waals surface area contributed by atoms with Gasteiger partial charge < -0.3 is 10.2 Å². The van der Waals surface area contributed by atoms with Crippen LogP contribution in [0.1, 0.15) is 31.2 Å². The Hall–Kier alpha value is -0.940. The van der Waals surface area contributed by atoms with Crippen molar-refractivity contribution in [2.75, 3.05) is 0 Å². The normalized spacial score (nSPS) is 34.9. The minimum Gasteiger partial charge on any atom is -0.481 e. The number of carbonyl (C=O) groups is 1. The van der Waals surface area contributed by atoms with Gasteiger partial charge in [-0.2, -0.15) is 0 Å². The largest absolute Gasteiger partial charge is 0.481 e. The molecule has 5 heteroatoms. The van der Waals surface area contributed by atoms with E-state index in [4.69, 9.17) is 5.11 Å². The van der Waals surface area contributed by atoms with Crippen LogP contribution in [-0.2, 0) is 10.4 Å². The number of nitrogens with zero attached hydrogens (tertiary/aromatic N) is 1. The molecule has 2 N–H and O–H groups in total. The molecule has 1 aromatic rings. The summed E-state index contributed by atoms with van der Waals surface area (Å²) in [5, 5.41) is 22.0. The number of aromatic nitrogens is 1. The molecular weight excluding hydrogens is 226 g/mol. The van der Waals surface area contributed by atoms with Gasteiger partial charge in [0.2, 0.25) is 0 Å². The number of carboxylic acids is 1. The zero-order chi connectivity index (χ0) is 11.8. The maximum atomic E-state index is 11.0. The van der Waals surface area contributed by atoms with E-state index in [1.807, 2.05) is 12.3 Å². The Morgan fingerprint density at radius 2 is 2.44 bits per heavy atom. The van der Waals surface area contributed by atoms with E-state index in [2.05, 4.69) is 4.98 Å². The van der Waals surface area contributed by atoms with Crippen molar-refractivity contribution in [2.24, 2.45) is 11.8 Å². The van der Waals surface area contributed by atoms with Gasteiger partial charge in [0.15, 0.2) is 0 Å². The first-order valence-electron chi connectivity index (χ1n) is 5.38. The van der Waals surface area contributed by atoms with Gasteiger partial charge in [0, 0.05) is 11.6 Å². The first-order valence-corrected chi connectivity index (χ1v) is 6.26. The van der Waals surface area contributed by atoms with Crippen LogP contribution in [0.25, 0.3) is 0 Å². The van der Waals surface area contributed by atoms with Gasteiger partial charge in [-0.25, -0.2) is 4.98 Å². The number of thiazole rings is 1. The molecule has 0 saturated heterocycles. The van der Waals surface area contributed by atoms with Gasteiger partial charge in [-0.05, 0) is 25.2 Å². The zero-order valence-corrected chi connectivity index (χ0v) is 9.91. The van der Waals surface area contributed by atoms with E-state index in [0.717, 1.165) is 0 Å². The fourth-order valence-electron chi connectivity index (χ4n) is 2.47. The first-order chi connectivity index (χ1) is 7.53. The quantitative estimate of drug-likeness (QED) is 0.829. The highest BCUT2D eigenvalue weighted by molar-refractivity contribution is 7.09. The van der Waals surface area contributed by atoms with Gasteiger partial charge in [0.05, 0.1) is 5.92 Å². The molecule has 0 aliphatic heterocycles. The van der Waals surface area contributed by atoms with Crippen LogP contribution < -0.4 is 0 Å². The molecule has 0 spiro atoms. The molecule has 88 valence electrons. The lowest BCUT2D eigenvalue weighted by molar-refractivity contribution is -0.148. The van der Waals surface area contributed by atoms with Crippen molar-refractivity contribution in [1.29, 1.82) is 0 Å². The first kappa shape index (κ1) is 11.5. The maximum absolute atomic E-state index is 11.0. The van der Waals surface area contributed by atoms with Crippen LogP contribution in [0.2, 0.25) is 0 Å². The molecule has 2 unspecified atom stereocenters. The topological polar surface area (TPSA) is 70.4 Å². The lowest BCUT2D eigenvalue weighted by Crippen LogP contribution is -2.38. The molecule has 1 aliphatic carbocycles. The van der Waals surface area contributed by atoms with Crippen molar-refractivity contribution in [2.45, 2.75) is 31.8 Å². The monoisotopic (exact) mass is 241 g/mol. The molecule has 0 aromatic carbocycles. The minimum atomic E-state index is -0.917. The summed E-state index contributed by atoms with van der Waals surface area (Å²) in [4.78, 5) is 15.1. The highest BCUT2D eigenvalue weighted by Crippen LogP contribution is 2.43. The smallest absolute Gasteiger partial charge is 0.306 e. The molecule has 4 nitrogen and oxygen atoms in total. The number of aliphatic carboxylic acids is 1. The predicted molar refractivity (Wildman–Crippen MR) is 60.2 cm³/mol. The average molecular weight is 241 g/mol. The standard InChI is InChI=1S/C11H15NO3S/c1-7-6-11(15,10-12-4-5-16-10)3-2-8(7)9(13)14/h4-5,7-8,15H,2-3,6H2,1H3,(H,13,14)/t7?,8-,11?/m0/s1. The Morgan fingerprint density at radius 1 is 1.69 bits per heavy atom. The van der Waals surface area contributed by atoms with E-state index >= 15 is 0 Å². The molecule has 1 aliphatic rings. The van der Waals surface area contributed by atoms with Crippen molar-refractivity contribution in [3.8, 4) is 0 Å². The molecule has 1 saturated carbocycles. The fourth-order valence-corrected chi connectivity index (χ4v) is 3.25. The van der Waals surface area contributed by atoms with Crippen LogP contribution in [0.15, 0.2) is 11.6 Å². The number of aliphatic hydroxyl groups is 1. The summed E-state index contributed by atoms with van der Waals surface area (Å²) < 4.78 is 0. The van der Waals surface area contributed by atoms with Gasteiger partial charge in [-0.3, -0.25) is 4.79 Å². The van der Waals surface area contributed by atoms with E-state index in [1.54, 1.807) is 6.20 Å². The molecule has 1 fully saturated rings. The Labute approximate surface area is 98.0 Å². The second-order valence-corrected chi connectivity index (χ2v) is 5.43. The minimum absolute atomic E-state index is 0.0138. The Balaban J connectivity index is 2.15. The van der Waals surface area contributed by atoms with Gasteiger partial charge in [0.25, 0.3) is 0 Å². The van der Waals surface area contributed by atoms with Gasteiger partial charge >= 0.3 is 5.97 Å². The van der Waals surface area contributed by atoms with Crippen molar-refractivity contribution in [1.82, 2.24) is 4.98 Å². The molecule has 0 radical (unpaired) electrons. The Morgan fingerprint density at radius 3 is 2.94 bits per heavy atom. The van der Waals surface area contributed by atoms with Crippen molar-refractivity contribution < 1.29 is 15.0 Å². The number of carboxylic acid groups (broad SMARTS) is 1. The van der Waals surface area contributed by atoms with Crippen LogP contribution in [0.5, 0.6) is 0 Å². The Kier molecular flexibility index (Phi) is 2.99. The summed E-state index contributed by atoms with van der Waals surface area (Å²) >= 11 is 1.43. The lowest BCUT2D eigenvalue weighted by atomic mass is 9.72.